The van der Waals surface area contributed by atoms with Gasteiger partial charge in [0.05, 0.1) is 19.3 Å². The molecular weight excluding hydrogens is 188 g/mol. The van der Waals surface area contributed by atoms with E-state index in [1.165, 1.54) is 0 Å². The molecule has 0 saturated heterocycles. The van der Waals surface area contributed by atoms with Gasteiger partial charge in [-0.2, -0.15) is 0 Å². The van der Waals surface area contributed by atoms with Crippen LogP contribution in [-0.2, 0) is 11.3 Å². The maximum Gasteiger partial charge on any atom is 0.0812 e. The molecule has 0 amide bonds. The van der Waals surface area contributed by atoms with Crippen LogP contribution in [0.5, 0.6) is 0 Å². The Balaban J connectivity index is 2.34. The van der Waals surface area contributed by atoms with E-state index in [0.717, 1.165) is 12.0 Å². The lowest BCUT2D eigenvalue weighted by Gasteiger charge is -2.17. The fraction of sp³-hybridized carbons (Fsp3) is 0.538. The third-order valence-corrected chi connectivity index (χ3v) is 2.27. The van der Waals surface area contributed by atoms with Crippen molar-refractivity contribution in [1.29, 1.82) is 0 Å². The summed E-state index contributed by atoms with van der Waals surface area (Å²) in [4.78, 5) is 0. The molecule has 0 fully saturated rings. The molecule has 0 aromatic heterocycles. The van der Waals surface area contributed by atoms with Gasteiger partial charge in [0.15, 0.2) is 0 Å². The lowest BCUT2D eigenvalue weighted by molar-refractivity contribution is -0.00878. The molecule has 2 heteroatoms. The SMILES string of the molecule is CC(C)C[C@@H](CO)OCc1ccccc1. The Morgan fingerprint density at radius 1 is 1.20 bits per heavy atom. The molecule has 1 atom stereocenters. The summed E-state index contributed by atoms with van der Waals surface area (Å²) < 4.78 is 5.64. The zero-order valence-electron chi connectivity index (χ0n) is 9.52. The summed E-state index contributed by atoms with van der Waals surface area (Å²) in [6.45, 7) is 4.95. The molecule has 1 aromatic carbocycles. The summed E-state index contributed by atoms with van der Waals surface area (Å²) in [7, 11) is 0. The molecule has 0 radical (unpaired) electrons. The Morgan fingerprint density at radius 3 is 2.40 bits per heavy atom. The summed E-state index contributed by atoms with van der Waals surface area (Å²) in [5.74, 6) is 0.554. The van der Waals surface area contributed by atoms with Gasteiger partial charge < -0.3 is 9.84 Å². The van der Waals surface area contributed by atoms with Crippen molar-refractivity contribution in [3.63, 3.8) is 0 Å². The summed E-state index contributed by atoms with van der Waals surface area (Å²) in [6, 6.07) is 10.0. The molecule has 0 unspecified atom stereocenters. The van der Waals surface area contributed by atoms with Crippen LogP contribution in [0, 0.1) is 5.92 Å². The molecule has 0 aliphatic rings. The van der Waals surface area contributed by atoms with E-state index < -0.39 is 0 Å². The van der Waals surface area contributed by atoms with Crippen LogP contribution < -0.4 is 0 Å². The quantitative estimate of drug-likeness (QED) is 0.778. The van der Waals surface area contributed by atoms with Crippen LogP contribution >= 0.6 is 0 Å². The minimum absolute atomic E-state index is 0.0368. The van der Waals surface area contributed by atoms with Gasteiger partial charge in [-0.3, -0.25) is 0 Å². The second kappa shape index (κ2) is 6.59. The van der Waals surface area contributed by atoms with Gasteiger partial charge in [0.1, 0.15) is 0 Å². The number of hydrogen-bond acceptors (Lipinski definition) is 2. The van der Waals surface area contributed by atoms with Gasteiger partial charge in [-0.1, -0.05) is 44.2 Å². The van der Waals surface area contributed by atoms with E-state index in [1.54, 1.807) is 0 Å². The van der Waals surface area contributed by atoms with Gasteiger partial charge in [0.25, 0.3) is 0 Å². The van der Waals surface area contributed by atoms with E-state index in [9.17, 15) is 0 Å². The first kappa shape index (κ1) is 12.2. The van der Waals surface area contributed by atoms with Gasteiger partial charge in [-0.15, -0.1) is 0 Å². The topological polar surface area (TPSA) is 29.5 Å². The number of benzene rings is 1. The highest BCUT2D eigenvalue weighted by atomic mass is 16.5. The number of ether oxygens (including phenoxy) is 1. The Hall–Kier alpha value is -0.860. The molecule has 15 heavy (non-hydrogen) atoms. The summed E-state index contributed by atoms with van der Waals surface area (Å²) in [6.07, 6.45) is 0.869. The number of hydrogen-bond donors (Lipinski definition) is 1. The maximum atomic E-state index is 9.13. The Kier molecular flexibility index (Phi) is 5.37. The molecule has 0 aliphatic carbocycles. The van der Waals surface area contributed by atoms with Crippen molar-refractivity contribution in [1.82, 2.24) is 0 Å². The molecule has 0 heterocycles. The molecule has 84 valence electrons. The molecule has 1 rings (SSSR count). The van der Waals surface area contributed by atoms with Crippen LogP contribution in [0.15, 0.2) is 30.3 Å². The lowest BCUT2D eigenvalue weighted by Crippen LogP contribution is -2.19. The van der Waals surface area contributed by atoms with Crippen LogP contribution in [0.4, 0.5) is 0 Å². The molecule has 1 N–H and O–H groups in total. The monoisotopic (exact) mass is 208 g/mol. The lowest BCUT2D eigenvalue weighted by atomic mass is 10.1. The predicted octanol–water partition coefficient (Wildman–Crippen LogP) is 2.61. The number of aliphatic hydroxyl groups is 1. The third-order valence-electron chi connectivity index (χ3n) is 2.27. The van der Waals surface area contributed by atoms with Gasteiger partial charge in [0.2, 0.25) is 0 Å². The van der Waals surface area contributed by atoms with Crippen molar-refractivity contribution in [3.05, 3.63) is 35.9 Å². The van der Waals surface area contributed by atoms with Crippen molar-refractivity contribution in [3.8, 4) is 0 Å². The molecule has 0 saturated carbocycles. The number of aliphatic hydroxyl groups excluding tert-OH is 1. The van der Waals surface area contributed by atoms with Crippen molar-refractivity contribution in [2.45, 2.75) is 33.0 Å². The molecule has 0 bridgehead atoms. The molecule has 0 spiro atoms. The highest BCUT2D eigenvalue weighted by molar-refractivity contribution is 5.13. The molecular formula is C13H20O2. The van der Waals surface area contributed by atoms with Gasteiger partial charge >= 0.3 is 0 Å². The smallest absolute Gasteiger partial charge is 0.0812 e. The zero-order valence-corrected chi connectivity index (χ0v) is 9.52. The molecule has 0 aliphatic heterocycles. The van der Waals surface area contributed by atoms with Gasteiger partial charge in [-0.25, -0.2) is 0 Å². The van der Waals surface area contributed by atoms with Crippen LogP contribution in [0.2, 0.25) is 0 Å². The second-order valence-corrected chi connectivity index (χ2v) is 4.23. The second-order valence-electron chi connectivity index (χ2n) is 4.23. The third kappa shape index (κ3) is 4.96. The van der Waals surface area contributed by atoms with E-state index in [1.807, 2.05) is 30.3 Å². The summed E-state index contributed by atoms with van der Waals surface area (Å²) in [5.41, 5.74) is 1.15. The van der Waals surface area contributed by atoms with E-state index in [2.05, 4.69) is 13.8 Å². The Labute approximate surface area is 91.9 Å². The fourth-order valence-electron chi connectivity index (χ4n) is 1.51. The van der Waals surface area contributed by atoms with Crippen LogP contribution in [0.1, 0.15) is 25.8 Å². The van der Waals surface area contributed by atoms with E-state index >= 15 is 0 Å². The average molecular weight is 208 g/mol. The van der Waals surface area contributed by atoms with Crippen molar-refractivity contribution >= 4 is 0 Å². The van der Waals surface area contributed by atoms with Crippen molar-refractivity contribution in [2.24, 2.45) is 5.92 Å². The van der Waals surface area contributed by atoms with E-state index in [-0.39, 0.29) is 12.7 Å². The van der Waals surface area contributed by atoms with E-state index in [4.69, 9.17) is 9.84 Å². The van der Waals surface area contributed by atoms with Crippen LogP contribution in [0.25, 0.3) is 0 Å². The average Bonchev–Trinajstić information content (AvgIpc) is 2.25. The Bertz CT molecular complexity index is 256. The van der Waals surface area contributed by atoms with E-state index in [0.29, 0.717) is 12.5 Å². The molecule has 2 nitrogen and oxygen atoms in total. The largest absolute Gasteiger partial charge is 0.394 e. The summed E-state index contributed by atoms with van der Waals surface area (Å²) in [5, 5.41) is 9.13. The first-order valence-corrected chi connectivity index (χ1v) is 5.48. The normalized spacial score (nSPS) is 13.1. The minimum atomic E-state index is -0.0368. The predicted molar refractivity (Wildman–Crippen MR) is 61.6 cm³/mol. The van der Waals surface area contributed by atoms with Gasteiger partial charge in [0, 0.05) is 0 Å². The van der Waals surface area contributed by atoms with Crippen molar-refractivity contribution < 1.29 is 9.84 Å². The summed E-state index contributed by atoms with van der Waals surface area (Å²) >= 11 is 0. The highest BCUT2D eigenvalue weighted by Gasteiger charge is 2.09. The first-order valence-electron chi connectivity index (χ1n) is 5.48. The van der Waals surface area contributed by atoms with Crippen molar-refractivity contribution in [2.75, 3.05) is 6.61 Å². The minimum Gasteiger partial charge on any atom is -0.394 e. The number of rotatable bonds is 6. The molecule has 1 aromatic rings. The van der Waals surface area contributed by atoms with Crippen LogP contribution in [-0.4, -0.2) is 17.8 Å². The standard InChI is InChI=1S/C13H20O2/c1-11(2)8-13(9-14)15-10-12-6-4-3-5-7-12/h3-7,11,13-14H,8-10H2,1-2H3/t13-/m0/s1. The zero-order chi connectivity index (χ0) is 11.1. The first-order chi connectivity index (χ1) is 7.22. The maximum absolute atomic E-state index is 9.13. The van der Waals surface area contributed by atoms with Crippen LogP contribution in [0.3, 0.4) is 0 Å². The highest BCUT2D eigenvalue weighted by Crippen LogP contribution is 2.10. The van der Waals surface area contributed by atoms with Gasteiger partial charge in [-0.05, 0) is 17.9 Å². The fourth-order valence-corrected chi connectivity index (χ4v) is 1.51. The Morgan fingerprint density at radius 2 is 1.87 bits per heavy atom.